The van der Waals surface area contributed by atoms with E-state index in [1.807, 2.05) is 6.07 Å². The fourth-order valence-electron chi connectivity index (χ4n) is 2.30. The summed E-state index contributed by atoms with van der Waals surface area (Å²) in [5.41, 5.74) is 3.45. The molecule has 0 saturated heterocycles. The maximum absolute atomic E-state index is 11.7. The van der Waals surface area contributed by atoms with Gasteiger partial charge in [-0.15, -0.1) is 0 Å². The lowest BCUT2D eigenvalue weighted by atomic mass is 9.95. The fourth-order valence-corrected chi connectivity index (χ4v) is 2.30. The molecule has 0 heterocycles. The van der Waals surface area contributed by atoms with E-state index in [0.717, 1.165) is 16.7 Å². The van der Waals surface area contributed by atoms with E-state index in [9.17, 15) is 15.0 Å². The lowest BCUT2D eigenvalue weighted by Gasteiger charge is -2.12. The normalized spacial score (nSPS) is 22.3. The minimum Gasteiger partial charge on any atom is -0.508 e. The molecule has 0 aromatic heterocycles. The SMILES string of the molecule is O=C1C2=C(C=CC1O)c1ccc(O)cc1C2. The van der Waals surface area contributed by atoms with Crippen LogP contribution in [0, 0.1) is 0 Å². The van der Waals surface area contributed by atoms with Crippen LogP contribution in [0.15, 0.2) is 35.9 Å². The Morgan fingerprint density at radius 1 is 1.31 bits per heavy atom. The summed E-state index contributed by atoms with van der Waals surface area (Å²) in [4.78, 5) is 11.7. The molecule has 3 rings (SSSR count). The minimum atomic E-state index is -1.01. The number of hydrogen-bond acceptors (Lipinski definition) is 3. The van der Waals surface area contributed by atoms with Gasteiger partial charge in [0.1, 0.15) is 11.9 Å². The molecule has 2 aliphatic rings. The van der Waals surface area contributed by atoms with Crippen molar-refractivity contribution in [2.75, 3.05) is 0 Å². The summed E-state index contributed by atoms with van der Waals surface area (Å²) in [6, 6.07) is 5.08. The smallest absolute Gasteiger partial charge is 0.192 e. The summed E-state index contributed by atoms with van der Waals surface area (Å²) in [5, 5.41) is 18.8. The van der Waals surface area contributed by atoms with Gasteiger partial charge in [-0.3, -0.25) is 4.79 Å². The molecule has 1 unspecified atom stereocenters. The highest BCUT2D eigenvalue weighted by Gasteiger charge is 2.30. The summed E-state index contributed by atoms with van der Waals surface area (Å²) in [5.74, 6) is -0.0243. The molecule has 2 N–H and O–H groups in total. The zero-order valence-corrected chi connectivity index (χ0v) is 8.47. The highest BCUT2D eigenvalue weighted by atomic mass is 16.3. The summed E-state index contributed by atoms with van der Waals surface area (Å²) < 4.78 is 0. The minimum absolute atomic E-state index is 0.204. The Morgan fingerprint density at radius 2 is 2.12 bits per heavy atom. The zero-order valence-electron chi connectivity index (χ0n) is 8.47. The second-order valence-electron chi connectivity index (χ2n) is 4.08. The number of aliphatic hydroxyl groups is 1. The van der Waals surface area contributed by atoms with E-state index in [2.05, 4.69) is 0 Å². The molecule has 3 nitrogen and oxygen atoms in total. The molecule has 16 heavy (non-hydrogen) atoms. The standard InChI is InChI=1S/C13H10O3/c14-8-1-2-9-7(5-8)6-11-10(9)3-4-12(15)13(11)16/h1-5,12,14-15H,6H2. The molecule has 0 spiro atoms. The maximum Gasteiger partial charge on any atom is 0.192 e. The molecular weight excluding hydrogens is 204 g/mol. The van der Waals surface area contributed by atoms with Crippen LogP contribution in [-0.4, -0.2) is 22.1 Å². The average molecular weight is 214 g/mol. The van der Waals surface area contributed by atoms with E-state index in [4.69, 9.17) is 0 Å². The third kappa shape index (κ3) is 1.15. The van der Waals surface area contributed by atoms with E-state index in [1.54, 1.807) is 18.2 Å². The third-order valence-electron chi connectivity index (χ3n) is 3.08. The van der Waals surface area contributed by atoms with Gasteiger partial charge in [0.25, 0.3) is 0 Å². The monoisotopic (exact) mass is 214 g/mol. The first kappa shape index (κ1) is 9.36. The van der Waals surface area contributed by atoms with Gasteiger partial charge in [0.15, 0.2) is 5.78 Å². The van der Waals surface area contributed by atoms with E-state index in [0.29, 0.717) is 12.0 Å². The van der Waals surface area contributed by atoms with Gasteiger partial charge in [0.2, 0.25) is 0 Å². The molecule has 0 aliphatic heterocycles. The van der Waals surface area contributed by atoms with Crippen LogP contribution in [0.3, 0.4) is 0 Å². The second kappa shape index (κ2) is 3.06. The first-order chi connectivity index (χ1) is 7.66. The third-order valence-corrected chi connectivity index (χ3v) is 3.08. The zero-order chi connectivity index (χ0) is 11.3. The highest BCUT2D eigenvalue weighted by Crippen LogP contribution is 2.38. The number of allylic oxidation sites excluding steroid dienone is 2. The van der Waals surface area contributed by atoms with Crippen LogP contribution in [0.5, 0.6) is 5.75 Å². The van der Waals surface area contributed by atoms with Gasteiger partial charge in [-0.1, -0.05) is 12.1 Å². The predicted molar refractivity (Wildman–Crippen MR) is 58.9 cm³/mol. The number of aromatic hydroxyl groups is 1. The van der Waals surface area contributed by atoms with Crippen molar-refractivity contribution in [1.82, 2.24) is 0 Å². The van der Waals surface area contributed by atoms with E-state index in [-0.39, 0.29) is 11.5 Å². The number of benzene rings is 1. The van der Waals surface area contributed by atoms with Crippen molar-refractivity contribution >= 4 is 11.4 Å². The van der Waals surface area contributed by atoms with Gasteiger partial charge in [0.05, 0.1) is 0 Å². The van der Waals surface area contributed by atoms with Crippen molar-refractivity contribution in [3.05, 3.63) is 47.1 Å². The molecule has 0 bridgehead atoms. The Bertz CT molecular complexity index is 552. The van der Waals surface area contributed by atoms with E-state index < -0.39 is 6.10 Å². The van der Waals surface area contributed by atoms with Gasteiger partial charge >= 0.3 is 0 Å². The summed E-state index contributed by atoms with van der Waals surface area (Å²) in [6.07, 6.45) is 2.77. The number of carbonyl (C=O) groups excluding carboxylic acids is 1. The molecule has 0 saturated carbocycles. The number of aliphatic hydroxyl groups excluding tert-OH is 1. The summed E-state index contributed by atoms with van der Waals surface area (Å²) >= 11 is 0. The van der Waals surface area contributed by atoms with Crippen LogP contribution in [0.1, 0.15) is 11.1 Å². The average Bonchev–Trinajstić information content (AvgIpc) is 2.62. The van der Waals surface area contributed by atoms with Gasteiger partial charge in [-0.05, 0) is 34.9 Å². The summed E-state index contributed by atoms with van der Waals surface area (Å²) in [7, 11) is 0. The molecule has 0 amide bonds. The Kier molecular flexibility index (Phi) is 1.79. The van der Waals surface area contributed by atoms with Crippen LogP contribution in [-0.2, 0) is 11.2 Å². The first-order valence-electron chi connectivity index (χ1n) is 5.13. The van der Waals surface area contributed by atoms with Crippen LogP contribution < -0.4 is 0 Å². The van der Waals surface area contributed by atoms with Crippen LogP contribution in [0.2, 0.25) is 0 Å². The molecule has 80 valence electrons. The highest BCUT2D eigenvalue weighted by molar-refractivity contribution is 6.12. The largest absolute Gasteiger partial charge is 0.508 e. The van der Waals surface area contributed by atoms with Crippen LogP contribution in [0.4, 0.5) is 0 Å². The lowest BCUT2D eigenvalue weighted by molar-refractivity contribution is -0.121. The Morgan fingerprint density at radius 3 is 2.94 bits per heavy atom. The first-order valence-corrected chi connectivity index (χ1v) is 5.13. The number of ketones is 1. The van der Waals surface area contributed by atoms with Crippen molar-refractivity contribution in [2.24, 2.45) is 0 Å². The Balaban J connectivity index is 2.15. The van der Waals surface area contributed by atoms with Crippen molar-refractivity contribution < 1.29 is 15.0 Å². The Hall–Kier alpha value is -1.87. The van der Waals surface area contributed by atoms with Crippen molar-refractivity contribution in [2.45, 2.75) is 12.5 Å². The number of Topliss-reactive ketones (excluding diaryl/α,β-unsaturated/α-hetero) is 1. The molecular formula is C13H10O3. The number of hydrogen-bond donors (Lipinski definition) is 2. The quantitative estimate of drug-likeness (QED) is 0.682. The second-order valence-corrected chi connectivity index (χ2v) is 4.08. The fraction of sp³-hybridized carbons (Fsp3) is 0.154. The molecule has 2 aliphatic carbocycles. The Labute approximate surface area is 92.3 Å². The van der Waals surface area contributed by atoms with Crippen LogP contribution in [0.25, 0.3) is 5.57 Å². The number of rotatable bonds is 0. The molecule has 1 atom stereocenters. The molecule has 0 fully saturated rings. The number of phenolic OH excluding ortho intramolecular Hbond substituents is 1. The van der Waals surface area contributed by atoms with Gasteiger partial charge < -0.3 is 10.2 Å². The molecule has 0 radical (unpaired) electrons. The maximum atomic E-state index is 11.7. The molecule has 1 aromatic carbocycles. The topological polar surface area (TPSA) is 57.5 Å². The van der Waals surface area contributed by atoms with E-state index >= 15 is 0 Å². The number of carbonyl (C=O) groups is 1. The molecule has 1 aromatic rings. The summed E-state index contributed by atoms with van der Waals surface area (Å²) in [6.45, 7) is 0. The van der Waals surface area contributed by atoms with Crippen LogP contribution >= 0.6 is 0 Å². The van der Waals surface area contributed by atoms with Gasteiger partial charge in [-0.2, -0.15) is 0 Å². The van der Waals surface area contributed by atoms with Crippen molar-refractivity contribution in [3.8, 4) is 5.75 Å². The molecule has 3 heteroatoms. The predicted octanol–water partition coefficient (Wildman–Crippen LogP) is 1.20. The van der Waals surface area contributed by atoms with Gasteiger partial charge in [-0.25, -0.2) is 0 Å². The number of phenols is 1. The van der Waals surface area contributed by atoms with Crippen molar-refractivity contribution in [1.29, 1.82) is 0 Å². The van der Waals surface area contributed by atoms with E-state index in [1.165, 1.54) is 6.08 Å². The van der Waals surface area contributed by atoms with Crippen molar-refractivity contribution in [3.63, 3.8) is 0 Å². The number of fused-ring (bicyclic) bond motifs is 2. The van der Waals surface area contributed by atoms with Gasteiger partial charge in [0, 0.05) is 12.0 Å². The lowest BCUT2D eigenvalue weighted by Crippen LogP contribution is -2.22.